The van der Waals surface area contributed by atoms with E-state index in [4.69, 9.17) is 4.74 Å². The van der Waals surface area contributed by atoms with Crippen molar-refractivity contribution in [2.24, 2.45) is 14.1 Å². The van der Waals surface area contributed by atoms with Gasteiger partial charge in [0, 0.05) is 20.7 Å². The second-order valence-electron chi connectivity index (χ2n) is 5.82. The summed E-state index contributed by atoms with van der Waals surface area (Å²) in [7, 11) is 5.60. The average molecular weight is 289 g/mol. The molecule has 0 radical (unpaired) electrons. The van der Waals surface area contributed by atoms with E-state index in [2.05, 4.69) is 17.4 Å². The maximum atomic E-state index is 12.0. The van der Waals surface area contributed by atoms with Crippen molar-refractivity contribution in [3.8, 4) is 0 Å². The molecule has 114 valence electrons. The monoisotopic (exact) mass is 289 g/mol. The Bertz CT molecular complexity index is 695. The molecule has 0 aliphatic carbocycles. The van der Waals surface area contributed by atoms with Crippen molar-refractivity contribution in [3.63, 3.8) is 0 Å². The van der Waals surface area contributed by atoms with Crippen molar-refractivity contribution in [2.45, 2.75) is 31.4 Å². The first-order valence-corrected chi connectivity index (χ1v) is 7.57. The van der Waals surface area contributed by atoms with Crippen LogP contribution in [-0.4, -0.2) is 28.9 Å². The van der Waals surface area contributed by atoms with Crippen molar-refractivity contribution >= 4 is 11.0 Å². The minimum absolute atomic E-state index is 0.0112. The van der Waals surface area contributed by atoms with Gasteiger partial charge in [-0.05, 0) is 44.0 Å². The van der Waals surface area contributed by atoms with Crippen molar-refractivity contribution < 1.29 is 4.74 Å². The highest BCUT2D eigenvalue weighted by Crippen LogP contribution is 2.28. The summed E-state index contributed by atoms with van der Waals surface area (Å²) in [6, 6.07) is 6.40. The number of likely N-dealkylation sites (N-methyl/N-ethyl adjacent to an activating group) is 1. The number of benzene rings is 1. The van der Waals surface area contributed by atoms with E-state index >= 15 is 0 Å². The Kier molecular flexibility index (Phi) is 3.87. The first-order valence-electron chi connectivity index (χ1n) is 7.57. The lowest BCUT2D eigenvalue weighted by Crippen LogP contribution is -2.34. The topological polar surface area (TPSA) is 48.2 Å². The Morgan fingerprint density at radius 3 is 2.67 bits per heavy atom. The van der Waals surface area contributed by atoms with E-state index in [1.807, 2.05) is 27.2 Å². The molecule has 1 aromatic heterocycles. The Hall–Kier alpha value is -1.59. The molecular formula is C16H23N3O2. The third-order valence-corrected chi connectivity index (χ3v) is 4.55. The number of nitrogens with one attached hydrogen (secondary N) is 1. The molecule has 21 heavy (non-hydrogen) atoms. The third kappa shape index (κ3) is 2.40. The molecule has 1 N–H and O–H groups in total. The van der Waals surface area contributed by atoms with Crippen LogP contribution in [-0.2, 0) is 18.8 Å². The Morgan fingerprint density at radius 1 is 1.24 bits per heavy atom. The van der Waals surface area contributed by atoms with Gasteiger partial charge in [-0.25, -0.2) is 4.79 Å². The minimum Gasteiger partial charge on any atom is -0.376 e. The first-order chi connectivity index (χ1) is 10.1. The predicted molar refractivity (Wildman–Crippen MR) is 83.6 cm³/mol. The number of nitrogens with zero attached hydrogens (tertiary/aromatic N) is 2. The molecule has 1 aliphatic rings. The van der Waals surface area contributed by atoms with E-state index in [0.29, 0.717) is 0 Å². The number of ether oxygens (including phenoxy) is 1. The molecule has 0 bridgehead atoms. The molecule has 2 heterocycles. The number of aromatic nitrogens is 2. The number of rotatable bonds is 3. The molecule has 1 saturated heterocycles. The number of fused-ring (bicyclic) bond motifs is 1. The standard InChI is InChI=1S/C16H23N3O2/c1-17-15(14-6-4-5-9-21-14)11-7-8-12-13(10-11)19(3)16(20)18(12)2/h7-8,10,14-15,17H,4-6,9H2,1-3H3. The number of hydrogen-bond donors (Lipinski definition) is 1. The summed E-state index contributed by atoms with van der Waals surface area (Å²) in [6.07, 6.45) is 3.66. The van der Waals surface area contributed by atoms with Crippen LogP contribution >= 0.6 is 0 Å². The van der Waals surface area contributed by atoms with Gasteiger partial charge < -0.3 is 10.1 Å². The summed E-state index contributed by atoms with van der Waals surface area (Å²) < 4.78 is 9.31. The molecule has 2 aromatic rings. The number of hydrogen-bond acceptors (Lipinski definition) is 3. The van der Waals surface area contributed by atoms with Crippen LogP contribution in [0.25, 0.3) is 11.0 Å². The largest absolute Gasteiger partial charge is 0.376 e. The van der Waals surface area contributed by atoms with Gasteiger partial charge in [-0.3, -0.25) is 9.13 Å². The van der Waals surface area contributed by atoms with Crippen LogP contribution in [0, 0.1) is 0 Å². The van der Waals surface area contributed by atoms with Gasteiger partial charge >= 0.3 is 5.69 Å². The molecule has 1 fully saturated rings. The SMILES string of the molecule is CNC(c1ccc2c(c1)n(C)c(=O)n2C)C1CCCCO1. The predicted octanol–water partition coefficient (Wildman–Crippen LogP) is 1.71. The molecule has 5 heteroatoms. The van der Waals surface area contributed by atoms with Crippen LogP contribution in [0.1, 0.15) is 30.9 Å². The third-order valence-electron chi connectivity index (χ3n) is 4.55. The highest BCUT2D eigenvalue weighted by atomic mass is 16.5. The summed E-state index contributed by atoms with van der Waals surface area (Å²) in [4.78, 5) is 12.0. The summed E-state index contributed by atoms with van der Waals surface area (Å²) >= 11 is 0. The summed E-state index contributed by atoms with van der Waals surface area (Å²) in [5.41, 5.74) is 3.12. The Morgan fingerprint density at radius 2 is 2.00 bits per heavy atom. The molecule has 1 aliphatic heterocycles. The van der Waals surface area contributed by atoms with Crippen LogP contribution in [0.3, 0.4) is 0 Å². The molecule has 2 atom stereocenters. The molecule has 1 aromatic carbocycles. The lowest BCUT2D eigenvalue weighted by molar-refractivity contribution is -0.00659. The summed E-state index contributed by atoms with van der Waals surface area (Å²) in [6.45, 7) is 0.842. The zero-order valence-electron chi connectivity index (χ0n) is 12.9. The lowest BCUT2D eigenvalue weighted by Gasteiger charge is -2.30. The number of aryl methyl sites for hydroxylation is 2. The maximum absolute atomic E-state index is 12.0. The van der Waals surface area contributed by atoms with Gasteiger partial charge in [0.2, 0.25) is 0 Å². The van der Waals surface area contributed by atoms with Crippen LogP contribution in [0.15, 0.2) is 23.0 Å². The molecule has 2 unspecified atom stereocenters. The van der Waals surface area contributed by atoms with E-state index in [-0.39, 0.29) is 17.8 Å². The maximum Gasteiger partial charge on any atom is 0.328 e. The van der Waals surface area contributed by atoms with E-state index in [1.165, 1.54) is 12.0 Å². The highest BCUT2D eigenvalue weighted by Gasteiger charge is 2.25. The molecule has 0 spiro atoms. The van der Waals surface area contributed by atoms with Crippen LogP contribution in [0.2, 0.25) is 0 Å². The molecule has 3 rings (SSSR count). The lowest BCUT2D eigenvalue weighted by atomic mass is 9.95. The summed E-state index contributed by atoms with van der Waals surface area (Å²) in [5.74, 6) is 0. The Labute approximate surface area is 124 Å². The number of imidazole rings is 1. The average Bonchev–Trinajstić information content (AvgIpc) is 2.74. The molecular weight excluding hydrogens is 266 g/mol. The van der Waals surface area contributed by atoms with Crippen LogP contribution < -0.4 is 11.0 Å². The van der Waals surface area contributed by atoms with Gasteiger partial charge in [0.15, 0.2) is 0 Å². The second kappa shape index (κ2) is 5.66. The van der Waals surface area contributed by atoms with E-state index in [0.717, 1.165) is 30.5 Å². The van der Waals surface area contributed by atoms with E-state index < -0.39 is 0 Å². The van der Waals surface area contributed by atoms with Crippen molar-refractivity contribution in [3.05, 3.63) is 34.2 Å². The molecule has 0 amide bonds. The Balaban J connectivity index is 2.02. The second-order valence-corrected chi connectivity index (χ2v) is 5.82. The van der Waals surface area contributed by atoms with Gasteiger partial charge in [0.1, 0.15) is 0 Å². The minimum atomic E-state index is 0.0112. The van der Waals surface area contributed by atoms with Crippen molar-refractivity contribution in [1.82, 2.24) is 14.5 Å². The fourth-order valence-corrected chi connectivity index (χ4v) is 3.31. The zero-order chi connectivity index (χ0) is 15.0. The van der Waals surface area contributed by atoms with Crippen molar-refractivity contribution in [1.29, 1.82) is 0 Å². The zero-order valence-corrected chi connectivity index (χ0v) is 12.9. The molecule has 0 saturated carbocycles. The molecule has 5 nitrogen and oxygen atoms in total. The van der Waals surface area contributed by atoms with Gasteiger partial charge in [0.25, 0.3) is 0 Å². The van der Waals surface area contributed by atoms with Gasteiger partial charge in [0.05, 0.1) is 23.2 Å². The van der Waals surface area contributed by atoms with Crippen LogP contribution in [0.4, 0.5) is 0 Å². The van der Waals surface area contributed by atoms with Crippen molar-refractivity contribution in [2.75, 3.05) is 13.7 Å². The first kappa shape index (κ1) is 14.4. The fraction of sp³-hybridized carbons (Fsp3) is 0.562. The van der Waals surface area contributed by atoms with Gasteiger partial charge in [-0.15, -0.1) is 0 Å². The quantitative estimate of drug-likeness (QED) is 0.935. The highest BCUT2D eigenvalue weighted by molar-refractivity contribution is 5.77. The normalized spacial score (nSPS) is 20.8. The van der Waals surface area contributed by atoms with Gasteiger partial charge in [-0.1, -0.05) is 6.07 Å². The smallest absolute Gasteiger partial charge is 0.328 e. The fourth-order valence-electron chi connectivity index (χ4n) is 3.31. The van der Waals surface area contributed by atoms with E-state index in [1.54, 1.807) is 9.13 Å². The van der Waals surface area contributed by atoms with Gasteiger partial charge in [-0.2, -0.15) is 0 Å². The summed E-state index contributed by atoms with van der Waals surface area (Å²) in [5, 5.41) is 3.37. The van der Waals surface area contributed by atoms with E-state index in [9.17, 15) is 4.79 Å². The van der Waals surface area contributed by atoms with Crippen LogP contribution in [0.5, 0.6) is 0 Å².